The maximum atomic E-state index is 12.2. The summed E-state index contributed by atoms with van der Waals surface area (Å²) in [5.74, 6) is -1.29. The molecule has 0 fully saturated rings. The van der Waals surface area contributed by atoms with Crippen molar-refractivity contribution in [3.63, 3.8) is 0 Å². The van der Waals surface area contributed by atoms with E-state index in [-0.39, 0.29) is 35.6 Å². The first-order valence-corrected chi connectivity index (χ1v) is 7.56. The van der Waals surface area contributed by atoms with Crippen LogP contribution in [-0.2, 0) is 9.47 Å². The Balaban J connectivity index is 2.63. The Morgan fingerprint density at radius 2 is 1.48 bits per heavy atom. The highest BCUT2D eigenvalue weighted by Gasteiger charge is 2.23. The lowest BCUT2D eigenvalue weighted by molar-refractivity contribution is -0.384. The number of nitrogens with zero attached hydrogens (tertiary/aromatic N) is 2. The molecule has 25 heavy (non-hydrogen) atoms. The summed E-state index contributed by atoms with van der Waals surface area (Å²) < 4.78 is 10.0. The molecule has 1 aromatic carbocycles. The fourth-order valence-corrected chi connectivity index (χ4v) is 2.25. The average molecular weight is 344 g/mol. The molecule has 2 aromatic rings. The SMILES string of the molecule is CCOC(=O)c1cncc(C(=O)OCC)c1-c1ccc([N+](=O)[O-])cc1. The van der Waals surface area contributed by atoms with E-state index < -0.39 is 16.9 Å². The summed E-state index contributed by atoms with van der Waals surface area (Å²) in [5, 5.41) is 10.8. The minimum Gasteiger partial charge on any atom is -0.462 e. The van der Waals surface area contributed by atoms with E-state index in [9.17, 15) is 19.7 Å². The van der Waals surface area contributed by atoms with E-state index in [1.165, 1.54) is 36.7 Å². The second-order valence-corrected chi connectivity index (χ2v) is 4.85. The topological polar surface area (TPSA) is 109 Å². The largest absolute Gasteiger partial charge is 0.462 e. The van der Waals surface area contributed by atoms with E-state index in [2.05, 4.69) is 4.98 Å². The molecule has 1 heterocycles. The summed E-state index contributed by atoms with van der Waals surface area (Å²) in [7, 11) is 0. The number of benzene rings is 1. The Kier molecular flexibility index (Phi) is 5.78. The number of ether oxygens (including phenoxy) is 2. The third kappa shape index (κ3) is 3.97. The first kappa shape index (κ1) is 18.1. The monoisotopic (exact) mass is 344 g/mol. The molecule has 8 heteroatoms. The molecule has 0 bridgehead atoms. The molecule has 0 unspecified atom stereocenters. The summed E-state index contributed by atoms with van der Waals surface area (Å²) in [5.41, 5.74) is 0.775. The fraction of sp³-hybridized carbons (Fsp3) is 0.235. The number of hydrogen-bond acceptors (Lipinski definition) is 7. The third-order valence-corrected chi connectivity index (χ3v) is 3.30. The summed E-state index contributed by atoms with van der Waals surface area (Å²) in [4.78, 5) is 38.6. The van der Waals surface area contributed by atoms with Gasteiger partial charge in [-0.25, -0.2) is 9.59 Å². The number of rotatable bonds is 6. The van der Waals surface area contributed by atoms with E-state index in [0.717, 1.165) is 0 Å². The molecular weight excluding hydrogens is 328 g/mol. The van der Waals surface area contributed by atoms with Crippen LogP contribution < -0.4 is 0 Å². The van der Waals surface area contributed by atoms with E-state index >= 15 is 0 Å². The number of carbonyl (C=O) groups is 2. The molecule has 0 saturated carbocycles. The van der Waals surface area contributed by atoms with Gasteiger partial charge in [0, 0.05) is 30.1 Å². The van der Waals surface area contributed by atoms with Crippen LogP contribution in [0.15, 0.2) is 36.7 Å². The molecule has 0 N–H and O–H groups in total. The number of non-ortho nitro benzene ring substituents is 1. The highest BCUT2D eigenvalue weighted by Crippen LogP contribution is 2.30. The van der Waals surface area contributed by atoms with Gasteiger partial charge >= 0.3 is 11.9 Å². The van der Waals surface area contributed by atoms with Gasteiger partial charge in [-0.1, -0.05) is 0 Å². The van der Waals surface area contributed by atoms with Crippen LogP contribution >= 0.6 is 0 Å². The molecule has 0 aliphatic carbocycles. The number of nitro benzene ring substituents is 1. The Hall–Kier alpha value is -3.29. The summed E-state index contributed by atoms with van der Waals surface area (Å²) >= 11 is 0. The van der Waals surface area contributed by atoms with Gasteiger partial charge in [0.1, 0.15) is 0 Å². The highest BCUT2D eigenvalue weighted by atomic mass is 16.6. The Morgan fingerprint density at radius 3 is 1.88 bits per heavy atom. The van der Waals surface area contributed by atoms with Crippen molar-refractivity contribution < 1.29 is 24.0 Å². The van der Waals surface area contributed by atoms with Gasteiger partial charge < -0.3 is 9.47 Å². The molecule has 2 rings (SSSR count). The number of carbonyl (C=O) groups excluding carboxylic acids is 2. The van der Waals surface area contributed by atoms with E-state index in [1.54, 1.807) is 13.8 Å². The van der Waals surface area contributed by atoms with Gasteiger partial charge in [0.2, 0.25) is 0 Å². The Bertz CT molecular complexity index is 765. The van der Waals surface area contributed by atoms with Crippen molar-refractivity contribution in [3.05, 3.63) is 57.9 Å². The molecule has 130 valence electrons. The lowest BCUT2D eigenvalue weighted by atomic mass is 9.96. The van der Waals surface area contributed by atoms with Crippen LogP contribution in [0.1, 0.15) is 34.6 Å². The molecule has 0 spiro atoms. The van der Waals surface area contributed by atoms with Gasteiger partial charge in [-0.15, -0.1) is 0 Å². The average Bonchev–Trinajstić information content (AvgIpc) is 2.61. The van der Waals surface area contributed by atoms with Crippen LogP contribution in [0.4, 0.5) is 5.69 Å². The molecule has 8 nitrogen and oxygen atoms in total. The van der Waals surface area contributed by atoms with Crippen molar-refractivity contribution in [2.45, 2.75) is 13.8 Å². The van der Waals surface area contributed by atoms with Crippen LogP contribution in [0.3, 0.4) is 0 Å². The molecular formula is C17H16N2O6. The molecule has 0 atom stereocenters. The van der Waals surface area contributed by atoms with Gasteiger partial charge in [0.25, 0.3) is 5.69 Å². The standard InChI is InChI=1S/C17H16N2O6/c1-3-24-16(20)13-9-18-10-14(17(21)25-4-2)15(13)11-5-7-12(8-6-11)19(22)23/h5-10H,3-4H2,1-2H3. The van der Waals surface area contributed by atoms with Gasteiger partial charge in [0.05, 0.1) is 29.3 Å². The van der Waals surface area contributed by atoms with Gasteiger partial charge in [0.15, 0.2) is 0 Å². The lowest BCUT2D eigenvalue weighted by Crippen LogP contribution is -2.13. The van der Waals surface area contributed by atoms with Crippen molar-refractivity contribution in [2.24, 2.45) is 0 Å². The van der Waals surface area contributed by atoms with Gasteiger partial charge in [-0.05, 0) is 31.5 Å². The molecule has 0 aliphatic rings. The third-order valence-electron chi connectivity index (χ3n) is 3.30. The molecule has 0 saturated heterocycles. The summed E-state index contributed by atoms with van der Waals surface area (Å²) in [6, 6.07) is 5.50. The number of nitro groups is 1. The zero-order valence-electron chi connectivity index (χ0n) is 13.7. The maximum Gasteiger partial charge on any atom is 0.340 e. The van der Waals surface area contributed by atoms with E-state index in [4.69, 9.17) is 9.47 Å². The highest BCUT2D eigenvalue weighted by molar-refractivity contribution is 6.05. The van der Waals surface area contributed by atoms with Crippen LogP contribution in [0.25, 0.3) is 11.1 Å². The predicted octanol–water partition coefficient (Wildman–Crippen LogP) is 3.01. The minimum atomic E-state index is -0.644. The van der Waals surface area contributed by atoms with Crippen molar-refractivity contribution in [1.29, 1.82) is 0 Å². The zero-order chi connectivity index (χ0) is 18.4. The molecule has 0 radical (unpaired) electrons. The van der Waals surface area contributed by atoms with Gasteiger partial charge in [-0.2, -0.15) is 0 Å². The zero-order valence-corrected chi connectivity index (χ0v) is 13.7. The van der Waals surface area contributed by atoms with E-state index in [0.29, 0.717) is 5.56 Å². The summed E-state index contributed by atoms with van der Waals surface area (Å²) in [6.07, 6.45) is 2.58. The van der Waals surface area contributed by atoms with Crippen LogP contribution in [0.5, 0.6) is 0 Å². The first-order valence-electron chi connectivity index (χ1n) is 7.56. The Labute approximate surface area is 143 Å². The smallest absolute Gasteiger partial charge is 0.340 e. The predicted molar refractivity (Wildman–Crippen MR) is 88.2 cm³/mol. The van der Waals surface area contributed by atoms with Crippen molar-refractivity contribution in [1.82, 2.24) is 4.98 Å². The fourth-order valence-electron chi connectivity index (χ4n) is 2.25. The van der Waals surface area contributed by atoms with E-state index in [1.807, 2.05) is 0 Å². The van der Waals surface area contributed by atoms with Crippen LogP contribution in [0.2, 0.25) is 0 Å². The van der Waals surface area contributed by atoms with Crippen molar-refractivity contribution in [2.75, 3.05) is 13.2 Å². The Morgan fingerprint density at radius 1 is 1.00 bits per heavy atom. The number of aromatic nitrogens is 1. The molecule has 0 amide bonds. The number of pyridine rings is 1. The quantitative estimate of drug-likeness (QED) is 0.450. The van der Waals surface area contributed by atoms with Crippen molar-refractivity contribution in [3.8, 4) is 11.1 Å². The molecule has 1 aromatic heterocycles. The normalized spacial score (nSPS) is 10.2. The van der Waals surface area contributed by atoms with Crippen molar-refractivity contribution >= 4 is 17.6 Å². The minimum absolute atomic E-state index is 0.0845. The summed E-state index contributed by atoms with van der Waals surface area (Å²) in [6.45, 7) is 3.63. The van der Waals surface area contributed by atoms with Crippen LogP contribution in [0, 0.1) is 10.1 Å². The number of esters is 2. The lowest BCUT2D eigenvalue weighted by Gasteiger charge is -2.13. The molecule has 0 aliphatic heterocycles. The first-order chi connectivity index (χ1) is 12.0. The number of hydrogen-bond donors (Lipinski definition) is 0. The second-order valence-electron chi connectivity index (χ2n) is 4.85. The van der Waals surface area contributed by atoms with Crippen LogP contribution in [-0.4, -0.2) is 35.1 Å². The van der Waals surface area contributed by atoms with Gasteiger partial charge in [-0.3, -0.25) is 15.1 Å². The maximum absolute atomic E-state index is 12.2. The second kappa shape index (κ2) is 8.00.